The summed E-state index contributed by atoms with van der Waals surface area (Å²) in [5.41, 5.74) is 1.82. The molecule has 6 heteroatoms. The van der Waals surface area contributed by atoms with Crippen LogP contribution in [0.4, 0.5) is 4.79 Å². The van der Waals surface area contributed by atoms with Crippen molar-refractivity contribution in [3.05, 3.63) is 42.2 Å². The molecule has 1 fully saturated rings. The van der Waals surface area contributed by atoms with Crippen molar-refractivity contribution in [1.29, 1.82) is 0 Å². The summed E-state index contributed by atoms with van der Waals surface area (Å²) in [6, 6.07) is 7.91. The van der Waals surface area contributed by atoms with Gasteiger partial charge >= 0.3 is 6.03 Å². The minimum atomic E-state index is -0.105. The summed E-state index contributed by atoms with van der Waals surface area (Å²) in [4.78, 5) is 12.0. The van der Waals surface area contributed by atoms with Crippen LogP contribution in [0.15, 0.2) is 36.7 Å². The minimum Gasteiger partial charge on any atom is -0.494 e. The van der Waals surface area contributed by atoms with Crippen molar-refractivity contribution in [3.8, 4) is 11.4 Å². The van der Waals surface area contributed by atoms with Crippen molar-refractivity contribution in [1.82, 2.24) is 20.4 Å². The van der Waals surface area contributed by atoms with E-state index >= 15 is 0 Å². The van der Waals surface area contributed by atoms with Gasteiger partial charge in [-0.3, -0.25) is 0 Å². The molecule has 1 aliphatic rings. The third-order valence-corrected chi connectivity index (χ3v) is 4.36. The maximum atomic E-state index is 12.0. The molecular formula is C18H24N4O2. The summed E-state index contributed by atoms with van der Waals surface area (Å²) in [6.45, 7) is 0.452. The average molecular weight is 328 g/mol. The van der Waals surface area contributed by atoms with Crippen LogP contribution in [-0.4, -0.2) is 29.0 Å². The van der Waals surface area contributed by atoms with Gasteiger partial charge in [0.1, 0.15) is 11.4 Å². The molecular weight excluding hydrogens is 304 g/mol. The third kappa shape index (κ3) is 4.07. The fourth-order valence-corrected chi connectivity index (χ4v) is 3.07. The van der Waals surface area contributed by atoms with Crippen LogP contribution in [0.3, 0.4) is 0 Å². The summed E-state index contributed by atoms with van der Waals surface area (Å²) < 4.78 is 7.11. The van der Waals surface area contributed by atoms with Crippen molar-refractivity contribution >= 4 is 6.03 Å². The van der Waals surface area contributed by atoms with Crippen molar-refractivity contribution < 1.29 is 9.53 Å². The Morgan fingerprint density at radius 2 is 2.08 bits per heavy atom. The molecule has 0 radical (unpaired) electrons. The Labute approximate surface area is 142 Å². The maximum Gasteiger partial charge on any atom is 0.315 e. The van der Waals surface area contributed by atoms with Gasteiger partial charge in [-0.15, -0.1) is 0 Å². The summed E-state index contributed by atoms with van der Waals surface area (Å²) in [5.74, 6) is 0.759. The lowest BCUT2D eigenvalue weighted by atomic mass is 9.96. The largest absolute Gasteiger partial charge is 0.494 e. The number of benzene rings is 1. The lowest BCUT2D eigenvalue weighted by molar-refractivity contribution is 0.232. The van der Waals surface area contributed by atoms with Crippen LogP contribution in [-0.2, 0) is 6.54 Å². The van der Waals surface area contributed by atoms with Gasteiger partial charge < -0.3 is 15.4 Å². The van der Waals surface area contributed by atoms with Crippen LogP contribution in [0.5, 0.6) is 5.75 Å². The zero-order valence-corrected chi connectivity index (χ0v) is 14.0. The van der Waals surface area contributed by atoms with E-state index in [1.165, 1.54) is 19.3 Å². The fourth-order valence-electron chi connectivity index (χ4n) is 3.07. The summed E-state index contributed by atoms with van der Waals surface area (Å²) in [6.07, 6.45) is 9.51. The zero-order chi connectivity index (χ0) is 16.8. The van der Waals surface area contributed by atoms with Gasteiger partial charge in [-0.1, -0.05) is 31.4 Å². The molecule has 6 nitrogen and oxygen atoms in total. The highest BCUT2D eigenvalue weighted by molar-refractivity contribution is 5.74. The number of methoxy groups -OCH3 is 1. The first-order chi connectivity index (χ1) is 11.8. The molecule has 1 aromatic heterocycles. The summed E-state index contributed by atoms with van der Waals surface area (Å²) in [7, 11) is 1.64. The normalized spacial score (nSPS) is 15.0. The fraction of sp³-hybridized carbons (Fsp3) is 0.444. The Morgan fingerprint density at radius 3 is 2.88 bits per heavy atom. The Hall–Kier alpha value is -2.50. The molecule has 128 valence electrons. The smallest absolute Gasteiger partial charge is 0.315 e. The molecule has 2 N–H and O–H groups in total. The monoisotopic (exact) mass is 328 g/mol. The number of aromatic nitrogens is 2. The van der Waals surface area contributed by atoms with E-state index in [0.29, 0.717) is 12.6 Å². The van der Waals surface area contributed by atoms with E-state index in [-0.39, 0.29) is 6.03 Å². The predicted octanol–water partition coefficient (Wildman–Crippen LogP) is 3.01. The van der Waals surface area contributed by atoms with E-state index in [1.807, 2.05) is 30.5 Å². The van der Waals surface area contributed by atoms with Crippen molar-refractivity contribution in [2.75, 3.05) is 7.11 Å². The van der Waals surface area contributed by atoms with E-state index < -0.39 is 0 Å². The van der Waals surface area contributed by atoms with Gasteiger partial charge in [0, 0.05) is 24.3 Å². The van der Waals surface area contributed by atoms with Gasteiger partial charge in [0.05, 0.1) is 13.3 Å². The second-order valence-corrected chi connectivity index (χ2v) is 6.13. The molecule has 0 bridgehead atoms. The highest BCUT2D eigenvalue weighted by Crippen LogP contribution is 2.21. The van der Waals surface area contributed by atoms with Crippen LogP contribution in [0, 0.1) is 0 Å². The molecule has 1 aromatic carbocycles. The molecule has 0 spiro atoms. The molecule has 0 atom stereocenters. The number of amides is 2. The molecule has 2 aromatic rings. The van der Waals surface area contributed by atoms with Crippen molar-refractivity contribution in [2.24, 2.45) is 0 Å². The van der Waals surface area contributed by atoms with Crippen molar-refractivity contribution in [3.63, 3.8) is 0 Å². The number of ether oxygens (including phenoxy) is 1. The molecule has 1 saturated carbocycles. The second kappa shape index (κ2) is 7.86. The molecule has 0 aliphatic heterocycles. The Morgan fingerprint density at radius 1 is 1.29 bits per heavy atom. The molecule has 1 heterocycles. The predicted molar refractivity (Wildman–Crippen MR) is 92.4 cm³/mol. The van der Waals surface area contributed by atoms with Crippen LogP contribution in [0.25, 0.3) is 5.69 Å². The lowest BCUT2D eigenvalue weighted by Gasteiger charge is -2.22. The first-order valence-electron chi connectivity index (χ1n) is 8.47. The van der Waals surface area contributed by atoms with Crippen LogP contribution >= 0.6 is 0 Å². The van der Waals surface area contributed by atoms with Gasteiger partial charge in [-0.05, 0) is 25.0 Å². The van der Waals surface area contributed by atoms with E-state index in [1.54, 1.807) is 18.0 Å². The molecule has 0 saturated heterocycles. The number of carbonyl (C=O) groups excluding carboxylic acids is 1. The Kier molecular flexibility index (Phi) is 5.36. The van der Waals surface area contributed by atoms with Crippen LogP contribution in [0.1, 0.15) is 37.7 Å². The summed E-state index contributed by atoms with van der Waals surface area (Å²) in [5, 5.41) is 10.3. The van der Waals surface area contributed by atoms with Crippen molar-refractivity contribution in [2.45, 2.75) is 44.7 Å². The first kappa shape index (κ1) is 16.4. The van der Waals surface area contributed by atoms with E-state index in [0.717, 1.165) is 29.8 Å². The summed E-state index contributed by atoms with van der Waals surface area (Å²) >= 11 is 0. The number of carbonyl (C=O) groups is 1. The third-order valence-electron chi connectivity index (χ3n) is 4.36. The van der Waals surface area contributed by atoms with Crippen LogP contribution in [0.2, 0.25) is 0 Å². The highest BCUT2D eigenvalue weighted by Gasteiger charge is 2.15. The molecule has 1 aliphatic carbocycles. The van der Waals surface area contributed by atoms with E-state index in [9.17, 15) is 4.79 Å². The minimum absolute atomic E-state index is 0.105. The topological polar surface area (TPSA) is 68.2 Å². The zero-order valence-electron chi connectivity index (χ0n) is 14.0. The number of rotatable bonds is 5. The maximum absolute atomic E-state index is 12.0. The SMILES string of the molecule is COc1ccccc1-n1cc(CNC(=O)NC2CCCCC2)cn1. The number of nitrogens with zero attached hydrogens (tertiary/aromatic N) is 2. The highest BCUT2D eigenvalue weighted by atomic mass is 16.5. The van der Waals surface area contributed by atoms with Crippen LogP contribution < -0.4 is 15.4 Å². The van der Waals surface area contributed by atoms with Gasteiger partial charge in [-0.2, -0.15) is 5.10 Å². The Bertz CT molecular complexity index is 677. The quantitative estimate of drug-likeness (QED) is 0.886. The molecule has 0 unspecified atom stereocenters. The lowest BCUT2D eigenvalue weighted by Crippen LogP contribution is -2.42. The van der Waals surface area contributed by atoms with E-state index in [2.05, 4.69) is 15.7 Å². The number of nitrogens with one attached hydrogen (secondary N) is 2. The number of hydrogen-bond donors (Lipinski definition) is 2. The van der Waals surface area contributed by atoms with Gasteiger partial charge in [0.15, 0.2) is 0 Å². The first-order valence-corrected chi connectivity index (χ1v) is 8.47. The number of hydrogen-bond acceptors (Lipinski definition) is 3. The molecule has 3 rings (SSSR count). The Balaban J connectivity index is 1.55. The van der Waals surface area contributed by atoms with Gasteiger partial charge in [0.2, 0.25) is 0 Å². The van der Waals surface area contributed by atoms with E-state index in [4.69, 9.17) is 4.74 Å². The van der Waals surface area contributed by atoms with Gasteiger partial charge in [-0.25, -0.2) is 9.48 Å². The molecule has 24 heavy (non-hydrogen) atoms. The number of urea groups is 1. The second-order valence-electron chi connectivity index (χ2n) is 6.13. The average Bonchev–Trinajstić information content (AvgIpc) is 3.09. The number of para-hydroxylation sites is 2. The van der Waals surface area contributed by atoms with Gasteiger partial charge in [0.25, 0.3) is 0 Å². The standard InChI is InChI=1S/C18H24N4O2/c1-24-17-10-6-5-9-16(17)22-13-14(12-20-22)11-19-18(23)21-15-7-3-2-4-8-15/h5-6,9-10,12-13,15H,2-4,7-8,11H2,1H3,(H2,19,21,23). The molecule has 2 amide bonds.